The van der Waals surface area contributed by atoms with Crippen LogP contribution in [0.25, 0.3) is 0 Å². The lowest BCUT2D eigenvalue weighted by Crippen LogP contribution is -2.52. The van der Waals surface area contributed by atoms with Gasteiger partial charge in [0.2, 0.25) is 0 Å². The zero-order valence-electron chi connectivity index (χ0n) is 12.1. The number of nitrogens with zero attached hydrogens (tertiary/aromatic N) is 1. The molecule has 0 saturated carbocycles. The summed E-state index contributed by atoms with van der Waals surface area (Å²) in [4.78, 5) is 14.4. The summed E-state index contributed by atoms with van der Waals surface area (Å²) in [6, 6.07) is 4.88. The van der Waals surface area contributed by atoms with Crippen LogP contribution in [0.5, 0.6) is 0 Å². The zero-order chi connectivity index (χ0) is 14.1. The number of halogens is 3. The molecule has 0 aliphatic carbocycles. The van der Waals surface area contributed by atoms with Gasteiger partial charge in [-0.3, -0.25) is 4.90 Å². The second-order valence-corrected chi connectivity index (χ2v) is 5.65. The molecule has 1 aromatic rings. The minimum Gasteiger partial charge on any atom is -0.459 e. The van der Waals surface area contributed by atoms with Gasteiger partial charge in [-0.2, -0.15) is 0 Å². The zero-order valence-corrected chi connectivity index (χ0v) is 13.7. The molecule has 3 saturated heterocycles. The molecule has 3 heterocycles. The van der Waals surface area contributed by atoms with Crippen LogP contribution in [0.2, 0.25) is 0 Å². The van der Waals surface area contributed by atoms with Gasteiger partial charge in [0.05, 0.1) is 0 Å². The number of esters is 1. The molecule has 4 rings (SSSR count). The van der Waals surface area contributed by atoms with Crippen LogP contribution >= 0.6 is 24.8 Å². The summed E-state index contributed by atoms with van der Waals surface area (Å²) in [5.74, 6) is -0.411. The smallest absolute Gasteiger partial charge is 0.327 e. The summed E-state index contributed by atoms with van der Waals surface area (Å²) in [5.41, 5.74) is 6.32. The first-order chi connectivity index (χ1) is 9.63. The lowest BCUT2D eigenvalue weighted by atomic mass is 9.86. The maximum atomic E-state index is 13.2. The van der Waals surface area contributed by atoms with Crippen LogP contribution in [0.4, 0.5) is 4.39 Å². The number of nitrogens with two attached hydrogens (primary N) is 1. The van der Waals surface area contributed by atoms with E-state index in [0.717, 1.165) is 32.5 Å². The molecule has 4 nitrogen and oxygen atoms in total. The van der Waals surface area contributed by atoms with Gasteiger partial charge in [0.1, 0.15) is 18.0 Å². The van der Waals surface area contributed by atoms with Gasteiger partial charge in [-0.25, -0.2) is 9.18 Å². The molecule has 0 amide bonds. The molecule has 2 N–H and O–H groups in total. The van der Waals surface area contributed by atoms with E-state index in [1.807, 2.05) is 0 Å². The Bertz CT molecular complexity index is 510. The fourth-order valence-electron chi connectivity index (χ4n) is 3.10. The largest absolute Gasteiger partial charge is 0.459 e. The number of hydrogen-bond acceptors (Lipinski definition) is 4. The second kappa shape index (κ2) is 8.11. The van der Waals surface area contributed by atoms with Crippen LogP contribution in [0.1, 0.15) is 24.4 Å². The fourth-order valence-corrected chi connectivity index (χ4v) is 3.10. The highest BCUT2D eigenvalue weighted by Gasteiger charge is 2.37. The summed E-state index contributed by atoms with van der Waals surface area (Å²) < 4.78 is 18.7. The van der Waals surface area contributed by atoms with E-state index in [9.17, 15) is 9.18 Å². The van der Waals surface area contributed by atoms with Crippen LogP contribution in [0.15, 0.2) is 24.3 Å². The summed E-state index contributed by atoms with van der Waals surface area (Å²) in [5, 5.41) is 0. The quantitative estimate of drug-likeness (QED) is 0.850. The third-order valence-electron chi connectivity index (χ3n) is 4.33. The molecule has 0 spiro atoms. The molecule has 2 atom stereocenters. The molecule has 7 heteroatoms. The average Bonchev–Trinajstić information content (AvgIpc) is 2.47. The number of rotatable bonds is 3. The SMILES string of the molecule is Cl.Cl.NC(C(=O)O[C@H]1CN2CCC1CC2)c1cccc(F)c1. The lowest BCUT2D eigenvalue weighted by molar-refractivity contribution is -0.160. The fraction of sp³-hybridized carbons (Fsp3) is 0.533. The van der Waals surface area contributed by atoms with Crippen molar-refractivity contribution in [1.29, 1.82) is 0 Å². The molecular formula is C15H21Cl2FN2O2. The molecule has 0 radical (unpaired) electrons. The van der Waals surface area contributed by atoms with Gasteiger partial charge in [-0.15, -0.1) is 24.8 Å². The average molecular weight is 351 g/mol. The first kappa shape index (κ1) is 19.2. The van der Waals surface area contributed by atoms with Crippen molar-refractivity contribution in [2.24, 2.45) is 11.7 Å². The van der Waals surface area contributed by atoms with Gasteiger partial charge in [0, 0.05) is 6.54 Å². The number of piperidine rings is 3. The Kier molecular flexibility index (Phi) is 7.06. The van der Waals surface area contributed by atoms with Crippen molar-refractivity contribution in [1.82, 2.24) is 4.90 Å². The molecule has 1 unspecified atom stereocenters. The molecule has 3 aliphatic rings. The monoisotopic (exact) mass is 350 g/mol. The Morgan fingerprint density at radius 2 is 2.00 bits per heavy atom. The molecule has 2 bridgehead atoms. The number of fused-ring (bicyclic) bond motifs is 3. The number of carbonyl (C=O) groups is 1. The second-order valence-electron chi connectivity index (χ2n) is 5.65. The van der Waals surface area contributed by atoms with E-state index in [2.05, 4.69) is 4.90 Å². The van der Waals surface area contributed by atoms with Gasteiger partial charge in [0.15, 0.2) is 0 Å². The van der Waals surface area contributed by atoms with E-state index in [1.54, 1.807) is 12.1 Å². The van der Waals surface area contributed by atoms with E-state index >= 15 is 0 Å². The summed E-state index contributed by atoms with van der Waals surface area (Å²) in [6.45, 7) is 2.98. The number of hydrogen-bond donors (Lipinski definition) is 1. The van der Waals surface area contributed by atoms with Crippen LogP contribution < -0.4 is 5.73 Å². The van der Waals surface area contributed by atoms with Crippen LogP contribution in [-0.4, -0.2) is 36.6 Å². The Balaban J connectivity index is 0.00000121. The van der Waals surface area contributed by atoms with Crippen molar-refractivity contribution in [3.05, 3.63) is 35.6 Å². The van der Waals surface area contributed by atoms with Gasteiger partial charge >= 0.3 is 5.97 Å². The minimum absolute atomic E-state index is 0. The molecule has 1 aromatic carbocycles. The van der Waals surface area contributed by atoms with Crippen LogP contribution in [0, 0.1) is 11.7 Å². The van der Waals surface area contributed by atoms with Gasteiger partial charge < -0.3 is 10.5 Å². The third-order valence-corrected chi connectivity index (χ3v) is 4.33. The van der Waals surface area contributed by atoms with Crippen molar-refractivity contribution in [2.75, 3.05) is 19.6 Å². The van der Waals surface area contributed by atoms with Crippen LogP contribution in [-0.2, 0) is 9.53 Å². The summed E-state index contributed by atoms with van der Waals surface area (Å²) in [6.07, 6.45) is 2.09. The predicted octanol–water partition coefficient (Wildman–Crippen LogP) is 2.31. The van der Waals surface area contributed by atoms with Crippen molar-refractivity contribution in [3.8, 4) is 0 Å². The van der Waals surface area contributed by atoms with E-state index in [4.69, 9.17) is 10.5 Å². The highest BCUT2D eigenvalue weighted by atomic mass is 35.5. The maximum Gasteiger partial charge on any atom is 0.327 e. The van der Waals surface area contributed by atoms with E-state index in [0.29, 0.717) is 11.5 Å². The Labute approximate surface area is 142 Å². The molecule has 3 fully saturated rings. The van der Waals surface area contributed by atoms with E-state index in [-0.39, 0.29) is 30.9 Å². The van der Waals surface area contributed by atoms with Crippen molar-refractivity contribution >= 4 is 30.8 Å². The summed E-state index contributed by atoms with van der Waals surface area (Å²) >= 11 is 0. The van der Waals surface area contributed by atoms with E-state index < -0.39 is 17.8 Å². The molecule has 3 aliphatic heterocycles. The number of ether oxygens (including phenoxy) is 1. The van der Waals surface area contributed by atoms with Gasteiger partial charge in [-0.1, -0.05) is 12.1 Å². The molecule has 22 heavy (non-hydrogen) atoms. The topological polar surface area (TPSA) is 55.6 Å². The predicted molar refractivity (Wildman–Crippen MR) is 86.9 cm³/mol. The normalized spacial score (nSPS) is 27.3. The van der Waals surface area contributed by atoms with Gasteiger partial charge in [-0.05, 0) is 49.5 Å². The van der Waals surface area contributed by atoms with Crippen molar-refractivity contribution in [3.63, 3.8) is 0 Å². The molecular weight excluding hydrogens is 330 g/mol. The van der Waals surface area contributed by atoms with Crippen LogP contribution in [0.3, 0.4) is 0 Å². The molecule has 124 valence electrons. The standard InChI is InChI=1S/C15H19FN2O2.2ClH/c16-12-3-1-2-11(8-12)14(17)15(19)20-13-9-18-6-4-10(13)5-7-18;;/h1-3,8,10,13-14H,4-7,9,17H2;2*1H/t13-,14?;;/m0../s1. The first-order valence-corrected chi connectivity index (χ1v) is 7.07. The highest BCUT2D eigenvalue weighted by molar-refractivity contribution is 5.85. The molecule has 0 aromatic heterocycles. The third kappa shape index (κ3) is 4.10. The summed E-state index contributed by atoms with van der Waals surface area (Å²) in [7, 11) is 0. The Morgan fingerprint density at radius 1 is 1.32 bits per heavy atom. The Morgan fingerprint density at radius 3 is 2.55 bits per heavy atom. The number of benzene rings is 1. The van der Waals surface area contributed by atoms with Crippen molar-refractivity contribution < 1.29 is 13.9 Å². The Hall–Kier alpha value is -0.880. The van der Waals surface area contributed by atoms with Gasteiger partial charge in [0.25, 0.3) is 0 Å². The lowest BCUT2D eigenvalue weighted by Gasteiger charge is -2.44. The first-order valence-electron chi connectivity index (χ1n) is 7.07. The van der Waals surface area contributed by atoms with E-state index in [1.165, 1.54) is 12.1 Å². The highest BCUT2D eigenvalue weighted by Crippen LogP contribution is 2.30. The number of carbonyl (C=O) groups excluding carboxylic acids is 1. The maximum absolute atomic E-state index is 13.2. The van der Waals surface area contributed by atoms with Crippen molar-refractivity contribution in [2.45, 2.75) is 25.0 Å². The minimum atomic E-state index is -0.916.